The number of rotatable bonds is 9. The molecule has 0 saturated carbocycles. The second-order valence-electron chi connectivity index (χ2n) is 19.9. The van der Waals surface area contributed by atoms with Gasteiger partial charge >= 0.3 is 0 Å². The summed E-state index contributed by atoms with van der Waals surface area (Å²) >= 11 is 0. The fraction of sp³-hybridized carbons (Fsp3) is 0.0137. The smallest absolute Gasteiger partial charge is 0.143 e. The molecule has 0 fully saturated rings. The Kier molecular flexibility index (Phi) is 10.1. The topological polar surface area (TPSA) is 29.5 Å². The molecule has 0 spiro atoms. The number of anilines is 3. The van der Waals surface area contributed by atoms with Crippen molar-refractivity contribution in [3.05, 3.63) is 307 Å². The van der Waals surface area contributed by atoms with Crippen LogP contribution in [0.15, 0.2) is 294 Å². The summed E-state index contributed by atoms with van der Waals surface area (Å²) in [7, 11) is 0. The maximum atomic E-state index is 6.52. The molecule has 3 heteroatoms. The van der Waals surface area contributed by atoms with Gasteiger partial charge in [-0.2, -0.15) is 0 Å². The number of hydrogen-bond acceptors (Lipinski definition) is 3. The lowest BCUT2D eigenvalue weighted by Gasteiger charge is -2.34. The highest BCUT2D eigenvalue weighted by Crippen LogP contribution is 2.58. The van der Waals surface area contributed by atoms with E-state index in [9.17, 15) is 0 Å². The molecule has 2 heterocycles. The first-order valence-electron chi connectivity index (χ1n) is 26.1. The maximum absolute atomic E-state index is 6.52. The van der Waals surface area contributed by atoms with Crippen molar-refractivity contribution in [1.82, 2.24) is 0 Å². The van der Waals surface area contributed by atoms with Gasteiger partial charge in [-0.1, -0.05) is 237 Å². The number of benzene rings is 12. The predicted molar refractivity (Wildman–Crippen MR) is 315 cm³/mol. The molecule has 0 N–H and O–H groups in total. The van der Waals surface area contributed by atoms with E-state index in [-0.39, 0.29) is 0 Å². The van der Waals surface area contributed by atoms with Crippen LogP contribution in [0.25, 0.3) is 99.5 Å². The number of nitrogens with zero attached hydrogens (tertiary/aromatic N) is 1. The van der Waals surface area contributed by atoms with E-state index < -0.39 is 5.41 Å². The number of furan rings is 2. The first-order valence-corrected chi connectivity index (χ1v) is 26.1. The summed E-state index contributed by atoms with van der Waals surface area (Å²) in [5.74, 6) is 0. The Bertz CT molecular complexity index is 4480. The van der Waals surface area contributed by atoms with E-state index in [1.165, 1.54) is 50.1 Å². The summed E-state index contributed by atoms with van der Waals surface area (Å²) in [4.78, 5) is 2.35. The minimum atomic E-state index is -0.572. The van der Waals surface area contributed by atoms with Crippen molar-refractivity contribution in [2.75, 3.05) is 4.90 Å². The number of hydrogen-bond donors (Lipinski definition) is 0. The standard InChI is InChI=1S/C73H47NO2/c1-3-16-48(17-4-1)49-34-42-55(43-35-49)74(57-46-38-52(39-47-57)60-25-14-27-64-62-21-9-12-31-69(62)76-72(60)64)56-44-36-50(37-45-56)58-23-15-29-67-70(58)65-22-7-10-28-66(65)73(67,53-18-5-2-6-19-53)54-40-32-51(33-41-54)59-24-13-26-63-61-20-8-11-30-68(61)75-71(59)63/h1-47H. The Balaban J connectivity index is 0.836. The van der Waals surface area contributed by atoms with Gasteiger partial charge in [-0.25, -0.2) is 0 Å². The third kappa shape index (κ3) is 6.83. The molecular weight excluding hydrogens is 923 g/mol. The highest BCUT2D eigenvalue weighted by Gasteiger charge is 2.47. The molecule has 0 amide bonds. The van der Waals surface area contributed by atoms with E-state index in [1.54, 1.807) is 0 Å². The monoisotopic (exact) mass is 969 g/mol. The Labute approximate surface area is 440 Å². The highest BCUT2D eigenvalue weighted by atomic mass is 16.3. The second kappa shape index (κ2) is 17.6. The van der Waals surface area contributed by atoms with Gasteiger partial charge in [0.1, 0.15) is 22.3 Å². The molecule has 1 unspecified atom stereocenters. The van der Waals surface area contributed by atoms with E-state index in [4.69, 9.17) is 8.83 Å². The van der Waals surface area contributed by atoms with Crippen molar-refractivity contribution in [2.45, 2.75) is 5.41 Å². The van der Waals surface area contributed by atoms with Crippen molar-refractivity contribution in [3.8, 4) is 55.6 Å². The third-order valence-corrected chi connectivity index (χ3v) is 15.8. The molecule has 76 heavy (non-hydrogen) atoms. The molecule has 0 bridgehead atoms. The highest BCUT2D eigenvalue weighted by molar-refractivity contribution is 6.11. The van der Waals surface area contributed by atoms with Crippen LogP contribution >= 0.6 is 0 Å². The molecule has 1 aliphatic carbocycles. The zero-order valence-electron chi connectivity index (χ0n) is 41.4. The minimum absolute atomic E-state index is 0.572. The largest absolute Gasteiger partial charge is 0.455 e. The first-order chi connectivity index (χ1) is 37.7. The fourth-order valence-electron chi connectivity index (χ4n) is 12.4. The van der Waals surface area contributed by atoms with Gasteiger partial charge in [-0.3, -0.25) is 0 Å². The quantitative estimate of drug-likeness (QED) is 0.144. The van der Waals surface area contributed by atoms with Gasteiger partial charge in [-0.15, -0.1) is 0 Å². The molecule has 356 valence electrons. The van der Waals surface area contributed by atoms with Crippen molar-refractivity contribution in [1.29, 1.82) is 0 Å². The summed E-state index contributed by atoms with van der Waals surface area (Å²) < 4.78 is 13.0. The molecule has 2 aromatic heterocycles. The SMILES string of the molecule is c1ccc(-c2ccc(N(c3ccc(-c4cccc5c4-c4ccccc4C5(c4ccccc4)c4ccc(-c5cccc6c5oc5ccccc56)cc4)cc3)c3ccc(-c4cccc5c4oc4ccccc45)cc3)cc2)cc1. The third-order valence-electron chi connectivity index (χ3n) is 15.8. The van der Waals surface area contributed by atoms with Crippen LogP contribution in [0.4, 0.5) is 17.1 Å². The van der Waals surface area contributed by atoms with Gasteiger partial charge in [0.15, 0.2) is 0 Å². The predicted octanol–water partition coefficient (Wildman–Crippen LogP) is 20.0. The van der Waals surface area contributed by atoms with Gasteiger partial charge in [0.25, 0.3) is 0 Å². The molecule has 1 atom stereocenters. The number of para-hydroxylation sites is 4. The van der Waals surface area contributed by atoms with Crippen LogP contribution in [-0.4, -0.2) is 0 Å². The molecule has 3 nitrogen and oxygen atoms in total. The summed E-state index contributed by atoms with van der Waals surface area (Å²) in [6.45, 7) is 0. The fourth-order valence-corrected chi connectivity index (χ4v) is 12.4. The lowest BCUT2D eigenvalue weighted by molar-refractivity contribution is 0.669. The van der Waals surface area contributed by atoms with Gasteiger partial charge in [0.05, 0.1) is 5.41 Å². The first kappa shape index (κ1) is 43.6. The second-order valence-corrected chi connectivity index (χ2v) is 19.9. The Morgan fingerprint density at radius 3 is 1.21 bits per heavy atom. The van der Waals surface area contributed by atoms with Crippen molar-refractivity contribution >= 4 is 60.9 Å². The Morgan fingerprint density at radius 1 is 0.250 bits per heavy atom. The van der Waals surface area contributed by atoms with E-state index in [0.29, 0.717) is 0 Å². The van der Waals surface area contributed by atoms with E-state index in [0.717, 1.165) is 88.8 Å². The van der Waals surface area contributed by atoms with Crippen LogP contribution in [0.5, 0.6) is 0 Å². The Morgan fingerprint density at radius 2 is 0.632 bits per heavy atom. The van der Waals surface area contributed by atoms with Crippen LogP contribution < -0.4 is 4.90 Å². The summed E-state index contributed by atoms with van der Waals surface area (Å²) in [6.07, 6.45) is 0. The van der Waals surface area contributed by atoms with E-state index in [2.05, 4.69) is 272 Å². The van der Waals surface area contributed by atoms with Gasteiger partial charge < -0.3 is 13.7 Å². The summed E-state index contributed by atoms with van der Waals surface area (Å²) in [5, 5.41) is 4.52. The Hall–Kier alpha value is -9.96. The molecule has 0 aliphatic heterocycles. The zero-order chi connectivity index (χ0) is 50.2. The van der Waals surface area contributed by atoms with Crippen LogP contribution in [0.2, 0.25) is 0 Å². The van der Waals surface area contributed by atoms with Crippen LogP contribution in [-0.2, 0) is 5.41 Å². The molecule has 12 aromatic carbocycles. The molecule has 0 radical (unpaired) electrons. The lowest BCUT2D eigenvalue weighted by Crippen LogP contribution is -2.28. The lowest BCUT2D eigenvalue weighted by atomic mass is 9.67. The van der Waals surface area contributed by atoms with E-state index >= 15 is 0 Å². The van der Waals surface area contributed by atoms with Crippen LogP contribution in [0.3, 0.4) is 0 Å². The van der Waals surface area contributed by atoms with Crippen molar-refractivity contribution in [3.63, 3.8) is 0 Å². The van der Waals surface area contributed by atoms with Crippen molar-refractivity contribution < 1.29 is 8.83 Å². The molecule has 0 saturated heterocycles. The van der Waals surface area contributed by atoms with Crippen LogP contribution in [0, 0.1) is 0 Å². The van der Waals surface area contributed by atoms with Crippen LogP contribution in [0.1, 0.15) is 22.3 Å². The van der Waals surface area contributed by atoms with E-state index in [1.807, 2.05) is 18.2 Å². The van der Waals surface area contributed by atoms with Gasteiger partial charge in [0.2, 0.25) is 0 Å². The van der Waals surface area contributed by atoms with Crippen molar-refractivity contribution in [2.24, 2.45) is 0 Å². The molecule has 1 aliphatic rings. The molecular formula is C73H47NO2. The average molecular weight is 970 g/mol. The normalized spacial score (nSPS) is 13.8. The number of fused-ring (bicyclic) bond motifs is 9. The molecule has 15 rings (SSSR count). The maximum Gasteiger partial charge on any atom is 0.143 e. The summed E-state index contributed by atoms with van der Waals surface area (Å²) in [5.41, 5.74) is 22.8. The van der Waals surface area contributed by atoms with Gasteiger partial charge in [0, 0.05) is 49.7 Å². The average Bonchev–Trinajstić information content (AvgIpc) is 4.32. The zero-order valence-corrected chi connectivity index (χ0v) is 41.4. The minimum Gasteiger partial charge on any atom is -0.455 e. The summed E-state index contributed by atoms with van der Waals surface area (Å²) in [6, 6.07) is 103. The molecule has 14 aromatic rings. The van der Waals surface area contributed by atoms with Gasteiger partial charge in [-0.05, 0) is 115 Å².